The van der Waals surface area contributed by atoms with Crippen molar-refractivity contribution in [1.29, 1.82) is 0 Å². The largest absolute Gasteiger partial charge is 0.486 e. The number of Topliss-reactive ketones (excluding diaryl/α,β-unsaturated/α-hetero) is 1. The number of amides is 1. The van der Waals surface area contributed by atoms with E-state index in [9.17, 15) is 14.4 Å². The Morgan fingerprint density at radius 2 is 1.81 bits per heavy atom. The maximum Gasteiger partial charge on any atom is 0.308 e. The Kier molecular flexibility index (Phi) is 4.28. The van der Waals surface area contributed by atoms with E-state index in [1.54, 1.807) is 12.1 Å². The zero-order valence-electron chi connectivity index (χ0n) is 14.5. The lowest BCUT2D eigenvalue weighted by molar-refractivity contribution is -0.147. The molecule has 1 aromatic carbocycles. The van der Waals surface area contributed by atoms with Gasteiger partial charge in [0.25, 0.3) is 5.78 Å². The van der Waals surface area contributed by atoms with Gasteiger partial charge in [0, 0.05) is 19.2 Å². The van der Waals surface area contributed by atoms with Gasteiger partial charge in [0.15, 0.2) is 11.5 Å². The fraction of sp³-hybridized carbons (Fsp3) is 0.500. The number of benzene rings is 1. The molecule has 26 heavy (non-hydrogen) atoms. The minimum absolute atomic E-state index is 0.1000. The highest BCUT2D eigenvalue weighted by atomic mass is 16.6. The number of hydrogen-bond donors (Lipinski definition) is 0. The van der Waals surface area contributed by atoms with Gasteiger partial charge in [-0.25, -0.2) is 0 Å². The van der Waals surface area contributed by atoms with Gasteiger partial charge < -0.3 is 14.2 Å². The van der Waals surface area contributed by atoms with Crippen LogP contribution < -0.4 is 14.4 Å². The molecular formula is C18H20N2O6. The van der Waals surface area contributed by atoms with Gasteiger partial charge in [0.2, 0.25) is 0 Å². The zero-order chi connectivity index (χ0) is 18.3. The molecule has 1 fully saturated rings. The van der Waals surface area contributed by atoms with Gasteiger partial charge in [0.1, 0.15) is 13.2 Å². The normalized spacial score (nSPS) is 20.3. The highest BCUT2D eigenvalue weighted by Gasteiger charge is 2.39. The number of esters is 1. The fourth-order valence-electron chi connectivity index (χ4n) is 3.65. The number of ether oxygens (including phenoxy) is 3. The van der Waals surface area contributed by atoms with Crippen LogP contribution in [0.4, 0.5) is 5.69 Å². The summed E-state index contributed by atoms with van der Waals surface area (Å²) in [5.41, 5.74) is 0.906. The minimum atomic E-state index is -0.544. The summed E-state index contributed by atoms with van der Waals surface area (Å²) < 4.78 is 15.9. The summed E-state index contributed by atoms with van der Waals surface area (Å²) in [7, 11) is 1.40. The number of rotatable bonds is 3. The number of nitrogens with zero attached hydrogens (tertiary/aromatic N) is 2. The van der Waals surface area contributed by atoms with Crippen LogP contribution in [0.1, 0.15) is 23.2 Å². The number of methoxy groups -OCH3 is 1. The molecule has 8 heteroatoms. The third-order valence-corrected chi connectivity index (χ3v) is 5.10. The fourth-order valence-corrected chi connectivity index (χ4v) is 3.65. The summed E-state index contributed by atoms with van der Waals surface area (Å²) in [6.07, 6.45) is 1.35. The van der Waals surface area contributed by atoms with Crippen molar-refractivity contribution in [3.05, 3.63) is 17.7 Å². The lowest BCUT2D eigenvalue weighted by Crippen LogP contribution is -2.45. The number of carbonyl (C=O) groups is 3. The Balaban J connectivity index is 1.51. The first-order valence-electron chi connectivity index (χ1n) is 8.68. The lowest BCUT2D eigenvalue weighted by Gasteiger charge is -2.33. The van der Waals surface area contributed by atoms with Crippen molar-refractivity contribution in [3.63, 3.8) is 0 Å². The number of anilines is 1. The third-order valence-electron chi connectivity index (χ3n) is 5.10. The van der Waals surface area contributed by atoms with E-state index in [1.165, 1.54) is 12.0 Å². The molecule has 0 N–H and O–H groups in total. The topological polar surface area (TPSA) is 85.4 Å². The quantitative estimate of drug-likeness (QED) is 0.583. The van der Waals surface area contributed by atoms with Crippen molar-refractivity contribution in [3.8, 4) is 11.5 Å². The number of likely N-dealkylation sites (tertiary alicyclic amines) is 1. The molecule has 3 aliphatic rings. The molecule has 1 amide bonds. The van der Waals surface area contributed by atoms with Crippen LogP contribution in [-0.4, -0.2) is 62.6 Å². The minimum Gasteiger partial charge on any atom is -0.486 e. The van der Waals surface area contributed by atoms with E-state index in [1.807, 2.05) is 0 Å². The van der Waals surface area contributed by atoms with Crippen molar-refractivity contribution in [1.82, 2.24) is 4.90 Å². The van der Waals surface area contributed by atoms with Crippen LogP contribution in [0, 0.1) is 5.92 Å². The zero-order valence-corrected chi connectivity index (χ0v) is 14.5. The number of fused-ring (bicyclic) bond motifs is 2. The highest BCUT2D eigenvalue weighted by Crippen LogP contribution is 2.40. The van der Waals surface area contributed by atoms with Gasteiger partial charge in [-0.1, -0.05) is 0 Å². The Labute approximate surface area is 150 Å². The number of ketones is 1. The monoisotopic (exact) mass is 360 g/mol. The summed E-state index contributed by atoms with van der Waals surface area (Å²) in [5, 5.41) is 0. The molecule has 0 radical (unpaired) electrons. The smallest absolute Gasteiger partial charge is 0.308 e. The van der Waals surface area contributed by atoms with Crippen LogP contribution in [0.15, 0.2) is 12.1 Å². The van der Waals surface area contributed by atoms with Crippen LogP contribution in [0.2, 0.25) is 0 Å². The molecule has 0 aromatic heterocycles. The standard InChI is InChI=1S/C18H20N2O6/c1-24-18(23)11-2-4-19(5-3-11)10-20-13-9-15-14(25-6-7-26-15)8-12(13)16(21)17(20)22/h8-9,11H,2-7,10H2,1H3. The molecule has 0 unspecified atom stereocenters. The first-order chi connectivity index (χ1) is 12.6. The second-order valence-electron chi connectivity index (χ2n) is 6.63. The molecule has 1 aromatic rings. The number of carbonyl (C=O) groups excluding carboxylic acids is 3. The molecule has 3 heterocycles. The van der Waals surface area contributed by atoms with E-state index in [-0.39, 0.29) is 11.9 Å². The van der Waals surface area contributed by atoms with Gasteiger partial charge >= 0.3 is 11.9 Å². The van der Waals surface area contributed by atoms with E-state index < -0.39 is 11.7 Å². The first kappa shape index (κ1) is 16.8. The third kappa shape index (κ3) is 2.80. The second-order valence-corrected chi connectivity index (χ2v) is 6.63. The second kappa shape index (κ2) is 6.60. The average molecular weight is 360 g/mol. The Morgan fingerprint density at radius 1 is 1.15 bits per heavy atom. The summed E-state index contributed by atoms with van der Waals surface area (Å²) in [4.78, 5) is 40.0. The molecule has 0 bridgehead atoms. The van der Waals surface area contributed by atoms with Crippen LogP contribution in [0.3, 0.4) is 0 Å². The Bertz CT molecular complexity index is 769. The van der Waals surface area contributed by atoms with Gasteiger partial charge in [-0.3, -0.25) is 24.2 Å². The number of hydrogen-bond acceptors (Lipinski definition) is 7. The predicted octanol–water partition coefficient (Wildman–Crippen LogP) is 0.830. The van der Waals surface area contributed by atoms with E-state index in [0.717, 1.165) is 0 Å². The van der Waals surface area contributed by atoms with Crippen molar-refractivity contribution in [2.45, 2.75) is 12.8 Å². The van der Waals surface area contributed by atoms with Crippen LogP contribution in [0.5, 0.6) is 11.5 Å². The predicted molar refractivity (Wildman–Crippen MR) is 90.4 cm³/mol. The molecule has 0 aliphatic carbocycles. The molecule has 138 valence electrons. The summed E-state index contributed by atoms with van der Waals surface area (Å²) in [5.74, 6) is -0.314. The SMILES string of the molecule is COC(=O)C1CCN(CN2C(=O)C(=O)c3cc4c(cc32)OCCO4)CC1. The molecule has 3 aliphatic heterocycles. The highest BCUT2D eigenvalue weighted by molar-refractivity contribution is 6.52. The number of piperidine rings is 1. The molecule has 0 atom stereocenters. The maximum absolute atomic E-state index is 12.5. The van der Waals surface area contributed by atoms with Crippen LogP contribution in [-0.2, 0) is 14.3 Å². The molecular weight excluding hydrogens is 340 g/mol. The molecule has 1 saturated heterocycles. The van der Waals surface area contributed by atoms with Crippen molar-refractivity contribution in [2.24, 2.45) is 5.92 Å². The molecule has 4 rings (SSSR count). The van der Waals surface area contributed by atoms with Crippen molar-refractivity contribution in [2.75, 3.05) is 45.0 Å². The van der Waals surface area contributed by atoms with Crippen molar-refractivity contribution >= 4 is 23.3 Å². The van der Waals surface area contributed by atoms with Gasteiger partial charge in [-0.05, 0) is 18.9 Å². The molecule has 0 spiro atoms. The average Bonchev–Trinajstić information content (AvgIpc) is 2.90. The maximum atomic E-state index is 12.5. The summed E-state index contributed by atoms with van der Waals surface area (Å²) >= 11 is 0. The Morgan fingerprint density at radius 3 is 2.46 bits per heavy atom. The van der Waals surface area contributed by atoms with Gasteiger partial charge in [-0.15, -0.1) is 0 Å². The van der Waals surface area contributed by atoms with Crippen LogP contribution >= 0.6 is 0 Å². The Hall–Kier alpha value is -2.61. The molecule has 0 saturated carbocycles. The van der Waals surface area contributed by atoms with E-state index >= 15 is 0 Å². The van der Waals surface area contributed by atoms with E-state index in [2.05, 4.69) is 4.90 Å². The molecule has 8 nitrogen and oxygen atoms in total. The van der Waals surface area contributed by atoms with Gasteiger partial charge in [-0.2, -0.15) is 0 Å². The van der Waals surface area contributed by atoms with Gasteiger partial charge in [0.05, 0.1) is 30.9 Å². The van der Waals surface area contributed by atoms with Crippen LogP contribution in [0.25, 0.3) is 0 Å². The summed E-state index contributed by atoms with van der Waals surface area (Å²) in [6.45, 7) is 2.50. The lowest BCUT2D eigenvalue weighted by atomic mass is 9.97. The van der Waals surface area contributed by atoms with E-state index in [4.69, 9.17) is 14.2 Å². The van der Waals surface area contributed by atoms with Crippen molar-refractivity contribution < 1.29 is 28.6 Å². The first-order valence-corrected chi connectivity index (χ1v) is 8.68. The van der Waals surface area contributed by atoms with E-state index in [0.29, 0.717) is 68.6 Å². The summed E-state index contributed by atoms with van der Waals surface area (Å²) in [6, 6.07) is 3.29.